The highest BCUT2D eigenvalue weighted by atomic mass is 32.3. The number of rotatable bonds is 6. The number of aromatic nitrogens is 3. The minimum atomic E-state index is -4.88. The summed E-state index contributed by atoms with van der Waals surface area (Å²) in [6, 6.07) is -2.47. The number of piperidine rings is 1. The molecule has 0 unspecified atom stereocenters. The first-order valence-electron chi connectivity index (χ1n) is 8.03. The highest BCUT2D eigenvalue weighted by molar-refractivity contribution is 7.80. The van der Waals surface area contributed by atoms with Crippen molar-refractivity contribution in [3.8, 4) is 0 Å². The van der Waals surface area contributed by atoms with E-state index < -0.39 is 40.3 Å². The van der Waals surface area contributed by atoms with Gasteiger partial charge in [-0.15, -0.1) is 4.28 Å². The van der Waals surface area contributed by atoms with Crippen LogP contribution in [0.1, 0.15) is 18.5 Å². The first-order chi connectivity index (χ1) is 13.2. The number of amides is 4. The topological polar surface area (TPSA) is 196 Å². The van der Waals surface area contributed by atoms with Crippen LogP contribution in [0.3, 0.4) is 0 Å². The lowest BCUT2D eigenvalue weighted by molar-refractivity contribution is -0.132. The maximum absolute atomic E-state index is 12.3. The van der Waals surface area contributed by atoms with E-state index in [-0.39, 0.29) is 38.2 Å². The highest BCUT2D eigenvalue weighted by Gasteiger charge is 2.49. The first-order valence-corrected chi connectivity index (χ1v) is 9.40. The van der Waals surface area contributed by atoms with E-state index in [2.05, 4.69) is 25.3 Å². The lowest BCUT2D eigenvalue weighted by atomic mass is 10.0. The van der Waals surface area contributed by atoms with Gasteiger partial charge in [-0.1, -0.05) is 0 Å². The number of aliphatic hydroxyl groups is 1. The van der Waals surface area contributed by atoms with Gasteiger partial charge >= 0.3 is 16.4 Å². The van der Waals surface area contributed by atoms with Crippen LogP contribution in [-0.2, 0) is 37.4 Å². The number of urea groups is 1. The van der Waals surface area contributed by atoms with Crippen LogP contribution in [0.25, 0.3) is 0 Å². The van der Waals surface area contributed by atoms with Crippen molar-refractivity contribution in [2.75, 3.05) is 6.54 Å². The standard InChI is InChI=1S/C12H17N7O8S/c20-6-7-3-13-18(16-7)5-10(21)14-15-11(22)9-2-1-8-4-17(9)12(23)19(8)27-28(24,25)26/h3,8-9,20H,1-2,4-6H2,(H,14,21)(H,15,22)(H,24,25,26)/t8-,9+/m1/s1. The lowest BCUT2D eigenvalue weighted by Gasteiger charge is -2.29. The van der Waals surface area contributed by atoms with Gasteiger partial charge in [-0.3, -0.25) is 25.0 Å². The number of nitrogens with one attached hydrogen (secondary N) is 2. The number of hydrazine groups is 1. The molecule has 2 bridgehead atoms. The third kappa shape index (κ3) is 4.35. The van der Waals surface area contributed by atoms with E-state index >= 15 is 0 Å². The summed E-state index contributed by atoms with van der Waals surface area (Å²) in [5.74, 6) is -1.33. The molecule has 154 valence electrons. The van der Waals surface area contributed by atoms with Gasteiger partial charge in [0.25, 0.3) is 11.8 Å². The van der Waals surface area contributed by atoms with E-state index in [1.165, 1.54) is 6.20 Å². The van der Waals surface area contributed by atoms with Crippen LogP contribution in [0.2, 0.25) is 0 Å². The molecule has 1 aromatic rings. The van der Waals surface area contributed by atoms with Crippen molar-refractivity contribution >= 4 is 28.2 Å². The first kappa shape index (κ1) is 19.9. The average molecular weight is 419 g/mol. The smallest absolute Gasteiger partial charge is 0.390 e. The Morgan fingerprint density at radius 1 is 1.32 bits per heavy atom. The van der Waals surface area contributed by atoms with Gasteiger partial charge < -0.3 is 10.0 Å². The van der Waals surface area contributed by atoms with E-state index in [1.54, 1.807) is 0 Å². The minimum Gasteiger partial charge on any atom is -0.390 e. The van der Waals surface area contributed by atoms with Gasteiger partial charge in [0.1, 0.15) is 18.3 Å². The second kappa shape index (κ2) is 7.66. The van der Waals surface area contributed by atoms with E-state index in [4.69, 9.17) is 9.66 Å². The van der Waals surface area contributed by atoms with Crippen molar-refractivity contribution in [3.63, 3.8) is 0 Å². The van der Waals surface area contributed by atoms with E-state index in [0.29, 0.717) is 5.06 Å². The van der Waals surface area contributed by atoms with Crippen LogP contribution in [-0.4, -0.2) is 79.5 Å². The molecule has 0 aliphatic carbocycles. The summed E-state index contributed by atoms with van der Waals surface area (Å²) >= 11 is 0. The molecule has 15 nitrogen and oxygen atoms in total. The number of hydroxylamine groups is 2. The summed E-state index contributed by atoms with van der Waals surface area (Å²) in [6.07, 6.45) is 1.73. The highest BCUT2D eigenvalue weighted by Crippen LogP contribution is 2.30. The van der Waals surface area contributed by atoms with Gasteiger partial charge in [0.05, 0.1) is 18.8 Å². The maximum Gasteiger partial charge on any atom is 0.418 e. The van der Waals surface area contributed by atoms with Crippen LogP contribution in [0.4, 0.5) is 4.79 Å². The molecular formula is C12H17N7O8S. The van der Waals surface area contributed by atoms with E-state index in [0.717, 1.165) is 9.70 Å². The molecule has 2 fully saturated rings. The van der Waals surface area contributed by atoms with Crippen molar-refractivity contribution in [2.24, 2.45) is 0 Å². The molecular weight excluding hydrogens is 402 g/mol. The van der Waals surface area contributed by atoms with E-state index in [9.17, 15) is 22.8 Å². The van der Waals surface area contributed by atoms with Gasteiger partial charge in [-0.2, -0.15) is 28.5 Å². The Balaban J connectivity index is 1.53. The fraction of sp³-hybridized carbons (Fsp3) is 0.583. The van der Waals surface area contributed by atoms with Crippen LogP contribution in [0, 0.1) is 0 Å². The Kier molecular flexibility index (Phi) is 5.45. The molecule has 0 spiro atoms. The number of hydrogen-bond acceptors (Lipinski definition) is 9. The number of aliphatic hydroxyl groups excluding tert-OH is 1. The van der Waals surface area contributed by atoms with Gasteiger partial charge in [0.2, 0.25) is 0 Å². The SMILES string of the molecule is O=C(Cn1ncc(CO)n1)NNC(=O)[C@@H]1CC[C@@H]2CN1C(=O)N2OS(=O)(=O)O. The fourth-order valence-corrected chi connectivity index (χ4v) is 3.36. The Hall–Kier alpha value is -2.82. The molecule has 28 heavy (non-hydrogen) atoms. The third-order valence-electron chi connectivity index (χ3n) is 4.16. The molecule has 2 atom stereocenters. The van der Waals surface area contributed by atoms with Crippen molar-refractivity contribution in [1.29, 1.82) is 0 Å². The second-order valence-electron chi connectivity index (χ2n) is 6.07. The zero-order valence-corrected chi connectivity index (χ0v) is 15.1. The minimum absolute atomic E-state index is 0.0293. The van der Waals surface area contributed by atoms with Crippen LogP contribution >= 0.6 is 0 Å². The molecule has 4 amide bonds. The Morgan fingerprint density at radius 2 is 2.07 bits per heavy atom. The Bertz CT molecular complexity index is 886. The molecule has 0 saturated carbocycles. The maximum atomic E-state index is 12.3. The molecule has 3 rings (SSSR count). The summed E-state index contributed by atoms with van der Waals surface area (Å²) in [4.78, 5) is 38.5. The molecule has 4 N–H and O–H groups in total. The zero-order chi connectivity index (χ0) is 20.5. The second-order valence-corrected chi connectivity index (χ2v) is 7.08. The molecule has 16 heteroatoms. The van der Waals surface area contributed by atoms with Crippen LogP contribution < -0.4 is 10.9 Å². The van der Waals surface area contributed by atoms with Gasteiger partial charge in [-0.05, 0) is 12.8 Å². The molecule has 2 aliphatic heterocycles. The predicted molar refractivity (Wildman–Crippen MR) is 85.6 cm³/mol. The van der Waals surface area contributed by atoms with Crippen molar-refractivity contribution in [2.45, 2.75) is 38.1 Å². The van der Waals surface area contributed by atoms with E-state index in [1.807, 2.05) is 0 Å². The fourth-order valence-electron chi connectivity index (χ4n) is 2.97. The van der Waals surface area contributed by atoms with Crippen molar-refractivity contribution < 1.29 is 36.7 Å². The number of nitrogens with zero attached hydrogens (tertiary/aromatic N) is 5. The monoisotopic (exact) mass is 419 g/mol. The molecule has 0 radical (unpaired) electrons. The summed E-state index contributed by atoms with van der Waals surface area (Å²) < 4.78 is 34.7. The quantitative estimate of drug-likeness (QED) is 0.271. The Morgan fingerprint density at radius 3 is 2.71 bits per heavy atom. The summed E-state index contributed by atoms with van der Waals surface area (Å²) in [7, 11) is -4.88. The number of carbonyl (C=O) groups excluding carboxylic acids is 3. The summed E-state index contributed by atoms with van der Waals surface area (Å²) in [5.41, 5.74) is 4.62. The Labute approximate surface area is 158 Å². The van der Waals surface area contributed by atoms with Gasteiger partial charge in [-0.25, -0.2) is 4.79 Å². The van der Waals surface area contributed by atoms with Crippen molar-refractivity contribution in [1.82, 2.24) is 35.8 Å². The normalized spacial score (nSPS) is 21.7. The lowest BCUT2D eigenvalue weighted by Crippen LogP contribution is -2.54. The number of carbonyl (C=O) groups is 3. The molecule has 1 aromatic heterocycles. The van der Waals surface area contributed by atoms with Crippen molar-refractivity contribution in [3.05, 3.63) is 11.9 Å². The predicted octanol–water partition coefficient (Wildman–Crippen LogP) is -3.08. The van der Waals surface area contributed by atoms with Gasteiger partial charge in [0, 0.05) is 6.54 Å². The summed E-state index contributed by atoms with van der Waals surface area (Å²) in [6.45, 7) is -0.615. The molecule has 2 saturated heterocycles. The van der Waals surface area contributed by atoms with Crippen LogP contribution in [0.5, 0.6) is 0 Å². The summed E-state index contributed by atoms with van der Waals surface area (Å²) in [5, 5.41) is 17.0. The number of hydrogen-bond donors (Lipinski definition) is 4. The molecule has 0 aromatic carbocycles. The average Bonchev–Trinajstić information content (AvgIpc) is 3.17. The third-order valence-corrected chi connectivity index (χ3v) is 4.51. The number of fused-ring (bicyclic) bond motifs is 2. The zero-order valence-electron chi connectivity index (χ0n) is 14.3. The largest absolute Gasteiger partial charge is 0.418 e. The van der Waals surface area contributed by atoms with Crippen LogP contribution in [0.15, 0.2) is 6.20 Å². The molecule has 3 heterocycles. The molecule has 2 aliphatic rings. The van der Waals surface area contributed by atoms with Gasteiger partial charge in [0.15, 0.2) is 0 Å².